The summed E-state index contributed by atoms with van der Waals surface area (Å²) in [4.78, 5) is 11.5. The first kappa shape index (κ1) is 11.1. The van der Waals surface area contributed by atoms with Crippen molar-refractivity contribution in [2.75, 3.05) is 0 Å². The SMILES string of the molecule is CC(C)(C)c1cn(C(C)(C)C)oc1=O. The molecule has 0 bridgehead atoms. The van der Waals surface area contributed by atoms with Gasteiger partial charge in [0.25, 0.3) is 0 Å². The molecule has 80 valence electrons. The van der Waals surface area contributed by atoms with Crippen molar-refractivity contribution in [2.45, 2.75) is 52.5 Å². The van der Waals surface area contributed by atoms with Crippen molar-refractivity contribution >= 4 is 0 Å². The molecule has 1 heterocycles. The number of rotatable bonds is 0. The number of hydrogen-bond acceptors (Lipinski definition) is 2. The summed E-state index contributed by atoms with van der Waals surface area (Å²) in [6, 6.07) is 0. The van der Waals surface area contributed by atoms with Crippen molar-refractivity contribution in [1.82, 2.24) is 4.74 Å². The summed E-state index contributed by atoms with van der Waals surface area (Å²) < 4.78 is 6.79. The van der Waals surface area contributed by atoms with Crippen LogP contribution in [0.5, 0.6) is 0 Å². The van der Waals surface area contributed by atoms with Crippen LogP contribution in [0.25, 0.3) is 0 Å². The maximum atomic E-state index is 11.5. The molecule has 0 unspecified atom stereocenters. The average Bonchev–Trinajstić information content (AvgIpc) is 2.27. The number of aromatic nitrogens is 1. The lowest BCUT2D eigenvalue weighted by molar-refractivity contribution is 0.154. The molecular formula is C11H19NO2. The van der Waals surface area contributed by atoms with Gasteiger partial charge in [0.15, 0.2) is 0 Å². The topological polar surface area (TPSA) is 35.1 Å². The lowest BCUT2D eigenvalue weighted by atomic mass is 9.89. The summed E-state index contributed by atoms with van der Waals surface area (Å²) in [5.41, 5.74) is 0.166. The quantitative estimate of drug-likeness (QED) is 0.640. The van der Waals surface area contributed by atoms with Crippen molar-refractivity contribution in [3.05, 3.63) is 22.2 Å². The van der Waals surface area contributed by atoms with Gasteiger partial charge in [0.1, 0.15) is 0 Å². The van der Waals surface area contributed by atoms with Crippen molar-refractivity contribution in [2.24, 2.45) is 0 Å². The van der Waals surface area contributed by atoms with Crippen LogP contribution in [0.3, 0.4) is 0 Å². The second-order valence-corrected chi connectivity index (χ2v) is 5.67. The summed E-state index contributed by atoms with van der Waals surface area (Å²) in [5, 5.41) is 0. The molecule has 0 amide bonds. The highest BCUT2D eigenvalue weighted by molar-refractivity contribution is 5.14. The van der Waals surface area contributed by atoms with Crippen LogP contribution >= 0.6 is 0 Å². The third-order valence-corrected chi connectivity index (χ3v) is 2.12. The Bertz CT molecular complexity index is 371. The Morgan fingerprint density at radius 1 is 1.14 bits per heavy atom. The molecule has 3 nitrogen and oxygen atoms in total. The molecule has 0 spiro atoms. The third-order valence-electron chi connectivity index (χ3n) is 2.12. The summed E-state index contributed by atoms with van der Waals surface area (Å²) in [6.45, 7) is 12.0. The summed E-state index contributed by atoms with van der Waals surface area (Å²) in [5.74, 6) is 0. The molecule has 3 heteroatoms. The second-order valence-electron chi connectivity index (χ2n) is 5.67. The first-order valence-corrected chi connectivity index (χ1v) is 4.86. The fraction of sp³-hybridized carbons (Fsp3) is 0.727. The zero-order valence-electron chi connectivity index (χ0n) is 9.84. The minimum Gasteiger partial charge on any atom is -0.336 e. The van der Waals surface area contributed by atoms with Gasteiger partial charge in [-0.15, -0.1) is 0 Å². The maximum Gasteiger partial charge on any atom is 0.361 e. The molecule has 0 aliphatic heterocycles. The van der Waals surface area contributed by atoms with Crippen LogP contribution in [0.15, 0.2) is 15.5 Å². The highest BCUT2D eigenvalue weighted by Crippen LogP contribution is 2.21. The Morgan fingerprint density at radius 3 is 1.86 bits per heavy atom. The Kier molecular flexibility index (Phi) is 2.38. The van der Waals surface area contributed by atoms with Gasteiger partial charge in [-0.2, -0.15) is 0 Å². The maximum absolute atomic E-state index is 11.5. The Morgan fingerprint density at radius 2 is 1.64 bits per heavy atom. The van der Waals surface area contributed by atoms with Gasteiger partial charge in [0.05, 0.1) is 17.3 Å². The average molecular weight is 197 g/mol. The van der Waals surface area contributed by atoms with E-state index in [2.05, 4.69) is 0 Å². The minimum atomic E-state index is -0.229. The van der Waals surface area contributed by atoms with Crippen molar-refractivity contribution < 1.29 is 4.52 Å². The van der Waals surface area contributed by atoms with Gasteiger partial charge in [0.2, 0.25) is 0 Å². The predicted octanol–water partition coefficient (Wildman–Crippen LogP) is 2.49. The van der Waals surface area contributed by atoms with E-state index in [1.165, 1.54) is 0 Å². The molecule has 0 aliphatic carbocycles. The van der Waals surface area contributed by atoms with Gasteiger partial charge in [0, 0.05) is 0 Å². The lowest BCUT2D eigenvalue weighted by Gasteiger charge is -2.18. The van der Waals surface area contributed by atoms with Crippen LogP contribution in [0.2, 0.25) is 0 Å². The van der Waals surface area contributed by atoms with E-state index in [0.29, 0.717) is 0 Å². The van der Waals surface area contributed by atoms with Crippen molar-refractivity contribution in [3.63, 3.8) is 0 Å². The molecule has 0 aliphatic rings. The molecule has 1 aromatic heterocycles. The van der Waals surface area contributed by atoms with E-state index >= 15 is 0 Å². The third kappa shape index (κ3) is 2.08. The van der Waals surface area contributed by atoms with E-state index in [-0.39, 0.29) is 16.6 Å². The number of nitrogens with zero attached hydrogens (tertiary/aromatic N) is 1. The van der Waals surface area contributed by atoms with Gasteiger partial charge < -0.3 is 4.52 Å². The largest absolute Gasteiger partial charge is 0.361 e. The van der Waals surface area contributed by atoms with E-state index in [0.717, 1.165) is 5.56 Å². The Labute approximate surface area is 84.7 Å². The molecule has 0 radical (unpaired) electrons. The van der Waals surface area contributed by atoms with E-state index in [9.17, 15) is 4.79 Å². The van der Waals surface area contributed by atoms with Gasteiger partial charge in [-0.25, -0.2) is 9.53 Å². The molecule has 0 aromatic carbocycles. The normalized spacial score (nSPS) is 13.3. The summed E-state index contributed by atoms with van der Waals surface area (Å²) >= 11 is 0. The molecule has 0 saturated heterocycles. The standard InChI is InChI=1S/C11H19NO2/c1-10(2,3)8-7-12(11(4,5)6)14-9(8)13/h7H,1-6H3. The second kappa shape index (κ2) is 3.01. The summed E-state index contributed by atoms with van der Waals surface area (Å²) in [6.07, 6.45) is 1.81. The fourth-order valence-corrected chi connectivity index (χ4v) is 1.17. The fourth-order valence-electron chi connectivity index (χ4n) is 1.17. The predicted molar refractivity (Wildman–Crippen MR) is 56.7 cm³/mol. The lowest BCUT2D eigenvalue weighted by Crippen LogP contribution is -2.20. The Balaban J connectivity index is 3.26. The van der Waals surface area contributed by atoms with E-state index in [1.54, 1.807) is 4.74 Å². The highest BCUT2D eigenvalue weighted by Gasteiger charge is 2.24. The first-order valence-electron chi connectivity index (χ1n) is 4.86. The molecule has 0 fully saturated rings. The zero-order valence-corrected chi connectivity index (χ0v) is 9.84. The van der Waals surface area contributed by atoms with Crippen molar-refractivity contribution in [1.29, 1.82) is 0 Å². The van der Waals surface area contributed by atoms with Crippen LogP contribution in [0.1, 0.15) is 47.1 Å². The van der Waals surface area contributed by atoms with E-state index in [4.69, 9.17) is 4.52 Å². The van der Waals surface area contributed by atoms with Crippen LogP contribution in [0, 0.1) is 0 Å². The first-order chi connectivity index (χ1) is 6.12. The van der Waals surface area contributed by atoms with Crippen LogP contribution in [-0.2, 0) is 11.0 Å². The Hall–Kier alpha value is -0.990. The van der Waals surface area contributed by atoms with Crippen molar-refractivity contribution in [3.8, 4) is 0 Å². The molecule has 14 heavy (non-hydrogen) atoms. The van der Waals surface area contributed by atoms with Gasteiger partial charge in [-0.3, -0.25) is 0 Å². The molecule has 1 rings (SSSR count). The zero-order chi connectivity index (χ0) is 11.1. The smallest absolute Gasteiger partial charge is 0.336 e. The molecule has 0 saturated carbocycles. The molecule has 1 aromatic rings. The van der Waals surface area contributed by atoms with Gasteiger partial charge in [-0.1, -0.05) is 20.8 Å². The number of hydrogen-bond donors (Lipinski definition) is 0. The van der Waals surface area contributed by atoms with Crippen LogP contribution < -0.4 is 5.63 Å². The molecule has 0 atom stereocenters. The monoisotopic (exact) mass is 197 g/mol. The minimum absolute atomic E-state index is 0.156. The van der Waals surface area contributed by atoms with E-state index in [1.807, 2.05) is 47.7 Å². The van der Waals surface area contributed by atoms with Gasteiger partial charge >= 0.3 is 5.63 Å². The van der Waals surface area contributed by atoms with Gasteiger partial charge in [-0.05, 0) is 26.2 Å². The highest BCUT2D eigenvalue weighted by atomic mass is 16.5. The van der Waals surface area contributed by atoms with E-state index < -0.39 is 0 Å². The molecule has 0 N–H and O–H groups in total. The van der Waals surface area contributed by atoms with Crippen LogP contribution in [-0.4, -0.2) is 4.74 Å². The molecular weight excluding hydrogens is 178 g/mol. The summed E-state index contributed by atoms with van der Waals surface area (Å²) in [7, 11) is 0. The van der Waals surface area contributed by atoms with Crippen LogP contribution in [0.4, 0.5) is 0 Å².